The number of carbonyl (C=O) groups excluding carboxylic acids is 2. The zero-order valence-electron chi connectivity index (χ0n) is 13.9. The third-order valence-electron chi connectivity index (χ3n) is 3.36. The molecule has 126 valence electrons. The average Bonchev–Trinajstić information content (AvgIpc) is 2.53. The SMILES string of the molecule is CC(C)Oc1cccc(CC(=O)N[C@@H](C(N)=O)c2ccccc2)c1. The standard InChI is InChI=1S/C19H22N2O3/c1-13(2)24-16-10-6-7-14(11-16)12-17(22)21-18(19(20)23)15-8-4-3-5-9-15/h3-11,13,18H,12H2,1-2H3,(H2,20,23)(H,21,22)/t18-/m1/s1. The molecule has 3 N–H and O–H groups in total. The quantitative estimate of drug-likeness (QED) is 0.819. The van der Waals surface area contributed by atoms with E-state index in [2.05, 4.69) is 5.32 Å². The van der Waals surface area contributed by atoms with Gasteiger partial charge in [-0.05, 0) is 37.1 Å². The molecule has 0 aliphatic heterocycles. The lowest BCUT2D eigenvalue weighted by atomic mass is 10.1. The van der Waals surface area contributed by atoms with Gasteiger partial charge in [0.25, 0.3) is 0 Å². The maximum Gasteiger partial charge on any atom is 0.244 e. The zero-order chi connectivity index (χ0) is 17.5. The highest BCUT2D eigenvalue weighted by atomic mass is 16.5. The van der Waals surface area contributed by atoms with E-state index in [1.807, 2.05) is 44.2 Å². The van der Waals surface area contributed by atoms with Crippen molar-refractivity contribution in [1.29, 1.82) is 0 Å². The second kappa shape index (κ2) is 8.15. The van der Waals surface area contributed by atoms with Crippen molar-refractivity contribution >= 4 is 11.8 Å². The second-order valence-electron chi connectivity index (χ2n) is 5.80. The third-order valence-corrected chi connectivity index (χ3v) is 3.36. The molecule has 0 fully saturated rings. The Balaban J connectivity index is 2.05. The summed E-state index contributed by atoms with van der Waals surface area (Å²) in [6.07, 6.45) is 0.206. The van der Waals surface area contributed by atoms with Crippen LogP contribution in [-0.2, 0) is 16.0 Å². The summed E-state index contributed by atoms with van der Waals surface area (Å²) < 4.78 is 5.62. The van der Waals surface area contributed by atoms with Gasteiger partial charge in [-0.25, -0.2) is 0 Å². The van der Waals surface area contributed by atoms with Gasteiger partial charge in [0.1, 0.15) is 11.8 Å². The molecule has 2 amide bonds. The van der Waals surface area contributed by atoms with Gasteiger partial charge in [-0.2, -0.15) is 0 Å². The Morgan fingerprint density at radius 3 is 2.42 bits per heavy atom. The first-order valence-electron chi connectivity index (χ1n) is 7.85. The normalized spacial score (nSPS) is 11.8. The van der Waals surface area contributed by atoms with Crippen molar-refractivity contribution in [3.05, 3.63) is 65.7 Å². The highest BCUT2D eigenvalue weighted by Crippen LogP contribution is 2.16. The molecule has 2 rings (SSSR count). The number of carbonyl (C=O) groups is 2. The van der Waals surface area contributed by atoms with E-state index < -0.39 is 11.9 Å². The van der Waals surface area contributed by atoms with E-state index in [4.69, 9.17) is 10.5 Å². The van der Waals surface area contributed by atoms with Crippen molar-refractivity contribution in [3.63, 3.8) is 0 Å². The number of hydrogen-bond acceptors (Lipinski definition) is 3. The van der Waals surface area contributed by atoms with E-state index in [0.717, 1.165) is 5.56 Å². The monoisotopic (exact) mass is 326 g/mol. The first-order chi connectivity index (χ1) is 11.5. The molecule has 0 radical (unpaired) electrons. The molecule has 0 bridgehead atoms. The minimum Gasteiger partial charge on any atom is -0.491 e. The summed E-state index contributed by atoms with van der Waals surface area (Å²) >= 11 is 0. The second-order valence-corrected chi connectivity index (χ2v) is 5.80. The first-order valence-corrected chi connectivity index (χ1v) is 7.85. The minimum atomic E-state index is -0.839. The molecule has 0 heterocycles. The topological polar surface area (TPSA) is 81.4 Å². The Labute approximate surface area is 141 Å². The van der Waals surface area contributed by atoms with Crippen molar-refractivity contribution in [1.82, 2.24) is 5.32 Å². The predicted molar refractivity (Wildman–Crippen MR) is 92.4 cm³/mol. The molecule has 24 heavy (non-hydrogen) atoms. The van der Waals surface area contributed by atoms with Gasteiger partial charge >= 0.3 is 0 Å². The molecule has 0 aliphatic rings. The van der Waals surface area contributed by atoms with Crippen LogP contribution in [0.3, 0.4) is 0 Å². The maximum absolute atomic E-state index is 12.3. The smallest absolute Gasteiger partial charge is 0.244 e. The van der Waals surface area contributed by atoms with Crippen LogP contribution in [0.1, 0.15) is 31.0 Å². The van der Waals surface area contributed by atoms with Crippen molar-refractivity contribution < 1.29 is 14.3 Å². The Kier molecular flexibility index (Phi) is 5.95. The fraction of sp³-hybridized carbons (Fsp3) is 0.263. The van der Waals surface area contributed by atoms with Crippen LogP contribution < -0.4 is 15.8 Å². The maximum atomic E-state index is 12.3. The van der Waals surface area contributed by atoms with E-state index in [-0.39, 0.29) is 18.4 Å². The molecule has 1 atom stereocenters. The van der Waals surface area contributed by atoms with Crippen LogP contribution in [-0.4, -0.2) is 17.9 Å². The van der Waals surface area contributed by atoms with Crippen LogP contribution in [0.2, 0.25) is 0 Å². The largest absolute Gasteiger partial charge is 0.491 e. The minimum absolute atomic E-state index is 0.0615. The number of benzene rings is 2. The van der Waals surface area contributed by atoms with Gasteiger partial charge in [-0.15, -0.1) is 0 Å². The van der Waals surface area contributed by atoms with Crippen LogP contribution >= 0.6 is 0 Å². The molecule has 0 saturated heterocycles. The first kappa shape index (κ1) is 17.5. The van der Waals surface area contributed by atoms with Gasteiger partial charge < -0.3 is 15.8 Å². The molecule has 2 aromatic carbocycles. The van der Waals surface area contributed by atoms with Gasteiger partial charge in [-0.3, -0.25) is 9.59 Å². The summed E-state index contributed by atoms with van der Waals surface area (Å²) in [6.45, 7) is 3.88. The summed E-state index contributed by atoms with van der Waals surface area (Å²) in [5.41, 5.74) is 6.89. The number of ether oxygens (including phenoxy) is 1. The van der Waals surface area contributed by atoms with Crippen LogP contribution in [0, 0.1) is 0 Å². The van der Waals surface area contributed by atoms with Crippen molar-refractivity contribution in [2.75, 3.05) is 0 Å². The van der Waals surface area contributed by atoms with Crippen LogP contribution in [0.4, 0.5) is 0 Å². The Morgan fingerprint density at radius 2 is 1.79 bits per heavy atom. The number of amides is 2. The molecule has 0 aliphatic carbocycles. The van der Waals surface area contributed by atoms with E-state index in [0.29, 0.717) is 11.3 Å². The summed E-state index contributed by atoms with van der Waals surface area (Å²) in [5, 5.41) is 2.69. The number of hydrogen-bond donors (Lipinski definition) is 2. The molecule has 0 saturated carbocycles. The number of nitrogens with one attached hydrogen (secondary N) is 1. The van der Waals surface area contributed by atoms with Crippen molar-refractivity contribution in [3.8, 4) is 5.75 Å². The van der Waals surface area contributed by atoms with E-state index >= 15 is 0 Å². The lowest BCUT2D eigenvalue weighted by Gasteiger charge is -2.16. The van der Waals surface area contributed by atoms with Gasteiger partial charge in [0.05, 0.1) is 12.5 Å². The van der Waals surface area contributed by atoms with Gasteiger partial charge in [0, 0.05) is 0 Å². The Bertz CT molecular complexity index is 699. The number of rotatable bonds is 7. The van der Waals surface area contributed by atoms with E-state index in [1.54, 1.807) is 24.3 Å². The molecule has 0 spiro atoms. The third kappa shape index (κ3) is 5.12. The fourth-order valence-corrected chi connectivity index (χ4v) is 2.36. The van der Waals surface area contributed by atoms with Crippen LogP contribution in [0.15, 0.2) is 54.6 Å². The Morgan fingerprint density at radius 1 is 1.08 bits per heavy atom. The van der Waals surface area contributed by atoms with Gasteiger partial charge in [0.2, 0.25) is 11.8 Å². The van der Waals surface area contributed by atoms with Crippen molar-refractivity contribution in [2.45, 2.75) is 32.4 Å². The predicted octanol–water partition coefficient (Wildman–Crippen LogP) is 2.36. The van der Waals surface area contributed by atoms with Crippen LogP contribution in [0.25, 0.3) is 0 Å². The fourth-order valence-electron chi connectivity index (χ4n) is 2.36. The summed E-state index contributed by atoms with van der Waals surface area (Å²) in [5.74, 6) is -0.152. The molecule has 5 nitrogen and oxygen atoms in total. The van der Waals surface area contributed by atoms with E-state index in [9.17, 15) is 9.59 Å². The molecule has 0 aromatic heterocycles. The van der Waals surface area contributed by atoms with Gasteiger partial charge in [-0.1, -0.05) is 42.5 Å². The number of nitrogens with two attached hydrogens (primary N) is 1. The molecule has 0 unspecified atom stereocenters. The molecular formula is C19H22N2O3. The summed E-state index contributed by atoms with van der Waals surface area (Å²) in [6, 6.07) is 15.4. The number of primary amides is 1. The lowest BCUT2D eigenvalue weighted by Crippen LogP contribution is -2.38. The highest BCUT2D eigenvalue weighted by Gasteiger charge is 2.20. The van der Waals surface area contributed by atoms with Crippen molar-refractivity contribution in [2.24, 2.45) is 5.73 Å². The highest BCUT2D eigenvalue weighted by molar-refractivity contribution is 5.88. The lowest BCUT2D eigenvalue weighted by molar-refractivity contribution is -0.127. The molecular weight excluding hydrogens is 304 g/mol. The van der Waals surface area contributed by atoms with Gasteiger partial charge in [0.15, 0.2) is 0 Å². The summed E-state index contributed by atoms with van der Waals surface area (Å²) in [7, 11) is 0. The van der Waals surface area contributed by atoms with E-state index in [1.165, 1.54) is 0 Å². The zero-order valence-corrected chi connectivity index (χ0v) is 13.9. The van der Waals surface area contributed by atoms with Crippen LogP contribution in [0.5, 0.6) is 5.75 Å². The molecule has 5 heteroatoms. The summed E-state index contributed by atoms with van der Waals surface area (Å²) in [4.78, 5) is 23.9. The Hall–Kier alpha value is -2.82. The molecule has 2 aromatic rings. The average molecular weight is 326 g/mol.